The quantitative estimate of drug-likeness (QED) is 0.487. The van der Waals surface area contributed by atoms with E-state index in [4.69, 9.17) is 11.1 Å². The van der Waals surface area contributed by atoms with Crippen molar-refractivity contribution in [3.05, 3.63) is 34.9 Å². The van der Waals surface area contributed by atoms with Gasteiger partial charge in [0.15, 0.2) is 11.6 Å². The highest BCUT2D eigenvalue weighted by Crippen LogP contribution is 2.13. The molecule has 0 aliphatic heterocycles. The SMILES string of the molecule is Cc1cc(F)c(F)cc1C(=N)N. The molecule has 0 saturated carbocycles. The van der Waals surface area contributed by atoms with E-state index in [2.05, 4.69) is 0 Å². The zero-order valence-corrected chi connectivity index (χ0v) is 6.49. The van der Waals surface area contributed by atoms with Crippen molar-refractivity contribution in [3.63, 3.8) is 0 Å². The molecule has 0 aromatic heterocycles. The maximum Gasteiger partial charge on any atom is 0.159 e. The van der Waals surface area contributed by atoms with E-state index in [0.29, 0.717) is 5.56 Å². The second kappa shape index (κ2) is 2.89. The van der Waals surface area contributed by atoms with Gasteiger partial charge in [-0.3, -0.25) is 5.41 Å². The molecule has 0 aliphatic carbocycles. The molecule has 0 heterocycles. The Balaban J connectivity index is 3.33. The topological polar surface area (TPSA) is 49.9 Å². The predicted octanol–water partition coefficient (Wildman–Crippen LogP) is 1.56. The summed E-state index contributed by atoms with van der Waals surface area (Å²) in [6.07, 6.45) is 0. The van der Waals surface area contributed by atoms with Gasteiger partial charge in [0, 0.05) is 5.56 Å². The standard InChI is InChI=1S/C8H8F2N2/c1-4-2-6(9)7(10)3-5(4)8(11)12/h2-3H,1H3,(H3,11,12). The van der Waals surface area contributed by atoms with Crippen LogP contribution in [0.4, 0.5) is 8.78 Å². The van der Waals surface area contributed by atoms with Crippen molar-refractivity contribution in [2.75, 3.05) is 0 Å². The molecule has 0 fully saturated rings. The summed E-state index contributed by atoms with van der Waals surface area (Å²) in [6.45, 7) is 1.57. The van der Waals surface area contributed by atoms with E-state index in [0.717, 1.165) is 12.1 Å². The molecule has 4 heteroatoms. The fourth-order valence-electron chi connectivity index (χ4n) is 0.936. The van der Waals surface area contributed by atoms with Crippen LogP contribution in [0.1, 0.15) is 11.1 Å². The Labute approximate surface area is 68.5 Å². The summed E-state index contributed by atoms with van der Waals surface area (Å²) in [6, 6.07) is 1.94. The van der Waals surface area contributed by atoms with E-state index in [9.17, 15) is 8.78 Å². The number of benzene rings is 1. The Bertz CT molecular complexity index is 334. The van der Waals surface area contributed by atoms with Crippen LogP contribution >= 0.6 is 0 Å². The molecule has 64 valence electrons. The van der Waals surface area contributed by atoms with Crippen molar-refractivity contribution in [2.24, 2.45) is 5.73 Å². The van der Waals surface area contributed by atoms with E-state index in [1.165, 1.54) is 0 Å². The largest absolute Gasteiger partial charge is 0.384 e. The van der Waals surface area contributed by atoms with Crippen molar-refractivity contribution >= 4 is 5.84 Å². The molecule has 0 radical (unpaired) electrons. The third-order valence-electron chi connectivity index (χ3n) is 1.56. The average Bonchev–Trinajstić information content (AvgIpc) is 1.96. The van der Waals surface area contributed by atoms with Crippen molar-refractivity contribution in [1.29, 1.82) is 5.41 Å². The molecule has 12 heavy (non-hydrogen) atoms. The van der Waals surface area contributed by atoms with Crippen LogP contribution in [-0.4, -0.2) is 5.84 Å². The highest BCUT2D eigenvalue weighted by Gasteiger charge is 2.07. The number of rotatable bonds is 1. The minimum Gasteiger partial charge on any atom is -0.384 e. The first-order valence-electron chi connectivity index (χ1n) is 3.32. The van der Waals surface area contributed by atoms with Gasteiger partial charge in [-0.1, -0.05) is 0 Å². The smallest absolute Gasteiger partial charge is 0.159 e. The first kappa shape index (κ1) is 8.64. The van der Waals surface area contributed by atoms with Gasteiger partial charge in [-0.25, -0.2) is 8.78 Å². The maximum absolute atomic E-state index is 12.6. The molecule has 0 amide bonds. The second-order valence-electron chi connectivity index (χ2n) is 2.49. The normalized spacial score (nSPS) is 9.92. The Morgan fingerprint density at radius 2 is 1.83 bits per heavy atom. The summed E-state index contributed by atoms with van der Waals surface area (Å²) in [5.41, 5.74) is 5.82. The number of nitrogens with two attached hydrogens (primary N) is 1. The van der Waals surface area contributed by atoms with Gasteiger partial charge >= 0.3 is 0 Å². The summed E-state index contributed by atoms with van der Waals surface area (Å²) in [7, 11) is 0. The molecule has 1 aromatic carbocycles. The molecule has 0 bridgehead atoms. The highest BCUT2D eigenvalue weighted by molar-refractivity contribution is 5.96. The number of hydrogen-bond donors (Lipinski definition) is 2. The zero-order chi connectivity index (χ0) is 9.30. The molecular weight excluding hydrogens is 162 g/mol. The number of hydrogen-bond acceptors (Lipinski definition) is 1. The molecule has 2 nitrogen and oxygen atoms in total. The van der Waals surface area contributed by atoms with E-state index < -0.39 is 11.6 Å². The lowest BCUT2D eigenvalue weighted by molar-refractivity contribution is 0.507. The van der Waals surface area contributed by atoms with Gasteiger partial charge in [0.1, 0.15) is 5.84 Å². The van der Waals surface area contributed by atoms with Gasteiger partial charge in [0.2, 0.25) is 0 Å². The molecule has 0 unspecified atom stereocenters. The Morgan fingerprint density at radius 3 is 2.33 bits per heavy atom. The minimum atomic E-state index is -0.981. The van der Waals surface area contributed by atoms with Crippen LogP contribution < -0.4 is 5.73 Å². The second-order valence-corrected chi connectivity index (χ2v) is 2.49. The van der Waals surface area contributed by atoms with Gasteiger partial charge in [-0.2, -0.15) is 0 Å². The molecule has 1 aromatic rings. The third kappa shape index (κ3) is 1.42. The number of nitrogen functional groups attached to an aromatic ring is 1. The summed E-state index contributed by atoms with van der Waals surface area (Å²) in [5, 5.41) is 7.03. The van der Waals surface area contributed by atoms with E-state index in [-0.39, 0.29) is 11.4 Å². The summed E-state index contributed by atoms with van der Waals surface area (Å²) >= 11 is 0. The van der Waals surface area contributed by atoms with Gasteiger partial charge in [-0.05, 0) is 24.6 Å². The van der Waals surface area contributed by atoms with Crippen LogP contribution in [0.25, 0.3) is 0 Å². The Morgan fingerprint density at radius 1 is 1.33 bits per heavy atom. The summed E-state index contributed by atoms with van der Waals surface area (Å²) < 4.78 is 25.1. The average molecular weight is 170 g/mol. The van der Waals surface area contributed by atoms with E-state index in [1.807, 2.05) is 0 Å². The molecule has 0 spiro atoms. The molecule has 0 saturated heterocycles. The molecule has 1 rings (SSSR count). The fourth-order valence-corrected chi connectivity index (χ4v) is 0.936. The van der Waals surface area contributed by atoms with Gasteiger partial charge in [0.05, 0.1) is 0 Å². The van der Waals surface area contributed by atoms with E-state index >= 15 is 0 Å². The highest BCUT2D eigenvalue weighted by atomic mass is 19.2. The van der Waals surface area contributed by atoms with Crippen LogP contribution in [0.15, 0.2) is 12.1 Å². The molecule has 0 atom stereocenters. The Hall–Kier alpha value is -1.45. The Kier molecular flexibility index (Phi) is 2.08. The fraction of sp³-hybridized carbons (Fsp3) is 0.125. The van der Waals surface area contributed by atoms with Crippen molar-refractivity contribution in [3.8, 4) is 0 Å². The lowest BCUT2D eigenvalue weighted by Crippen LogP contribution is -2.13. The molecule has 0 aliphatic rings. The number of aryl methyl sites for hydroxylation is 1. The maximum atomic E-state index is 12.6. The van der Waals surface area contributed by atoms with Crippen molar-refractivity contribution in [2.45, 2.75) is 6.92 Å². The van der Waals surface area contributed by atoms with Gasteiger partial charge in [-0.15, -0.1) is 0 Å². The van der Waals surface area contributed by atoms with Crippen LogP contribution in [-0.2, 0) is 0 Å². The van der Waals surface area contributed by atoms with Crippen LogP contribution in [0.2, 0.25) is 0 Å². The lowest BCUT2D eigenvalue weighted by Gasteiger charge is -2.03. The van der Waals surface area contributed by atoms with Crippen LogP contribution in [0.3, 0.4) is 0 Å². The zero-order valence-electron chi connectivity index (χ0n) is 6.49. The van der Waals surface area contributed by atoms with E-state index in [1.54, 1.807) is 6.92 Å². The molecule has 3 N–H and O–H groups in total. The van der Waals surface area contributed by atoms with Crippen LogP contribution in [0, 0.1) is 24.0 Å². The number of nitrogens with one attached hydrogen (secondary N) is 1. The first-order valence-corrected chi connectivity index (χ1v) is 3.32. The monoisotopic (exact) mass is 170 g/mol. The number of amidine groups is 1. The lowest BCUT2D eigenvalue weighted by atomic mass is 10.1. The van der Waals surface area contributed by atoms with Crippen molar-refractivity contribution < 1.29 is 8.78 Å². The predicted molar refractivity (Wildman–Crippen MR) is 42.1 cm³/mol. The summed E-state index contributed by atoms with van der Waals surface area (Å²) in [4.78, 5) is 0. The molecular formula is C8H8F2N2. The first-order chi connectivity index (χ1) is 5.52. The van der Waals surface area contributed by atoms with Gasteiger partial charge in [0.25, 0.3) is 0 Å². The minimum absolute atomic E-state index is 0.230. The third-order valence-corrected chi connectivity index (χ3v) is 1.56. The van der Waals surface area contributed by atoms with Gasteiger partial charge < -0.3 is 5.73 Å². The van der Waals surface area contributed by atoms with Crippen LogP contribution in [0.5, 0.6) is 0 Å². The van der Waals surface area contributed by atoms with Crippen molar-refractivity contribution in [1.82, 2.24) is 0 Å². The summed E-state index contributed by atoms with van der Waals surface area (Å²) in [5.74, 6) is -2.16. The number of halogens is 2.